The predicted molar refractivity (Wildman–Crippen MR) is 116 cm³/mol. The summed E-state index contributed by atoms with van der Waals surface area (Å²) >= 11 is 6.32. The standard InChI is InChI=1S/C22H26ClFN6/c1-20(2,3)19-27-17(29-9-7-22(12-29)11-21(22,4)24)16-18(28-19)30(13-26-16)10-15-14(23)6-5-8-25-15/h5-6,8,13H,7,9-12H2,1-4H3. The summed E-state index contributed by atoms with van der Waals surface area (Å²) in [5.41, 5.74) is 0.722. The van der Waals surface area contributed by atoms with Crippen molar-refractivity contribution in [3.63, 3.8) is 0 Å². The molecule has 1 saturated heterocycles. The van der Waals surface area contributed by atoms with E-state index >= 15 is 0 Å². The van der Waals surface area contributed by atoms with Crippen LogP contribution in [0.1, 0.15) is 52.1 Å². The lowest BCUT2D eigenvalue weighted by Crippen LogP contribution is -2.26. The highest BCUT2D eigenvalue weighted by Crippen LogP contribution is 2.64. The van der Waals surface area contributed by atoms with Crippen molar-refractivity contribution in [2.75, 3.05) is 18.0 Å². The van der Waals surface area contributed by atoms with Gasteiger partial charge in [0.15, 0.2) is 17.0 Å². The topological polar surface area (TPSA) is 59.7 Å². The van der Waals surface area contributed by atoms with Gasteiger partial charge in [-0.3, -0.25) is 4.98 Å². The Morgan fingerprint density at radius 3 is 2.63 bits per heavy atom. The van der Waals surface area contributed by atoms with Gasteiger partial charge in [-0.15, -0.1) is 0 Å². The summed E-state index contributed by atoms with van der Waals surface area (Å²) in [7, 11) is 0. The van der Waals surface area contributed by atoms with E-state index in [1.165, 1.54) is 0 Å². The number of nitrogens with zero attached hydrogens (tertiary/aromatic N) is 6. The highest BCUT2D eigenvalue weighted by molar-refractivity contribution is 6.31. The Morgan fingerprint density at radius 1 is 1.23 bits per heavy atom. The lowest BCUT2D eigenvalue weighted by Gasteiger charge is -2.23. The highest BCUT2D eigenvalue weighted by Gasteiger charge is 2.68. The van der Waals surface area contributed by atoms with Crippen molar-refractivity contribution in [2.45, 2.75) is 58.2 Å². The minimum absolute atomic E-state index is 0.230. The molecule has 0 radical (unpaired) electrons. The normalized spacial score (nSPS) is 26.1. The molecule has 3 aromatic heterocycles. The van der Waals surface area contributed by atoms with Crippen LogP contribution in [-0.4, -0.2) is 43.3 Å². The van der Waals surface area contributed by atoms with Gasteiger partial charge < -0.3 is 9.47 Å². The number of pyridine rings is 1. The Morgan fingerprint density at radius 2 is 2.00 bits per heavy atom. The second kappa shape index (κ2) is 6.36. The lowest BCUT2D eigenvalue weighted by atomic mass is 9.96. The number of anilines is 1. The third kappa shape index (κ3) is 3.06. The molecule has 0 bridgehead atoms. The van der Waals surface area contributed by atoms with Crippen LogP contribution in [0.5, 0.6) is 0 Å². The van der Waals surface area contributed by atoms with E-state index in [0.717, 1.165) is 41.5 Å². The van der Waals surface area contributed by atoms with E-state index in [4.69, 9.17) is 21.6 Å². The van der Waals surface area contributed by atoms with Crippen LogP contribution < -0.4 is 4.90 Å². The summed E-state index contributed by atoms with van der Waals surface area (Å²) < 4.78 is 16.6. The van der Waals surface area contributed by atoms with Crippen LogP contribution in [0.3, 0.4) is 0 Å². The first-order chi connectivity index (χ1) is 14.1. The fourth-order valence-corrected chi connectivity index (χ4v) is 4.69. The molecule has 158 valence electrons. The summed E-state index contributed by atoms with van der Waals surface area (Å²) in [5, 5.41) is 0.613. The number of rotatable bonds is 3. The molecule has 3 aromatic rings. The zero-order valence-electron chi connectivity index (χ0n) is 17.8. The minimum Gasteiger partial charge on any atom is -0.354 e. The number of fused-ring (bicyclic) bond motifs is 1. The summed E-state index contributed by atoms with van der Waals surface area (Å²) in [6.07, 6.45) is 4.97. The first-order valence-electron chi connectivity index (χ1n) is 10.4. The van der Waals surface area contributed by atoms with Crippen molar-refractivity contribution in [2.24, 2.45) is 5.41 Å². The zero-order valence-corrected chi connectivity index (χ0v) is 18.5. The maximum absolute atomic E-state index is 14.6. The Hall–Kier alpha value is -2.28. The molecule has 0 aromatic carbocycles. The first-order valence-corrected chi connectivity index (χ1v) is 10.7. The van der Waals surface area contributed by atoms with Crippen LogP contribution in [0.2, 0.25) is 5.02 Å². The van der Waals surface area contributed by atoms with Crippen LogP contribution in [0.25, 0.3) is 11.2 Å². The molecule has 6 nitrogen and oxygen atoms in total. The van der Waals surface area contributed by atoms with Gasteiger partial charge >= 0.3 is 0 Å². The Kier molecular flexibility index (Phi) is 4.17. The van der Waals surface area contributed by atoms with Crippen molar-refractivity contribution in [1.82, 2.24) is 24.5 Å². The van der Waals surface area contributed by atoms with E-state index in [0.29, 0.717) is 24.5 Å². The van der Waals surface area contributed by atoms with E-state index in [9.17, 15) is 4.39 Å². The molecule has 5 rings (SSSR count). The van der Waals surface area contributed by atoms with Crippen molar-refractivity contribution in [1.29, 1.82) is 0 Å². The first kappa shape index (κ1) is 19.7. The lowest BCUT2D eigenvalue weighted by molar-refractivity contribution is 0.260. The van der Waals surface area contributed by atoms with E-state index in [1.807, 2.05) is 16.7 Å². The van der Waals surface area contributed by atoms with Gasteiger partial charge in [0.2, 0.25) is 0 Å². The van der Waals surface area contributed by atoms with Crippen molar-refractivity contribution in [3.05, 3.63) is 41.2 Å². The van der Waals surface area contributed by atoms with E-state index in [2.05, 4.69) is 35.6 Å². The van der Waals surface area contributed by atoms with Gasteiger partial charge in [0.1, 0.15) is 11.5 Å². The summed E-state index contributed by atoms with van der Waals surface area (Å²) in [6.45, 7) is 9.95. The van der Waals surface area contributed by atoms with Gasteiger partial charge in [0.25, 0.3) is 0 Å². The van der Waals surface area contributed by atoms with E-state index < -0.39 is 5.67 Å². The van der Waals surface area contributed by atoms with E-state index in [-0.39, 0.29) is 10.8 Å². The van der Waals surface area contributed by atoms with Crippen LogP contribution in [0.15, 0.2) is 24.7 Å². The maximum atomic E-state index is 14.6. The molecule has 1 aliphatic carbocycles. The molecular weight excluding hydrogens is 403 g/mol. The molecule has 8 heteroatoms. The summed E-state index contributed by atoms with van der Waals surface area (Å²) in [5.74, 6) is 1.55. The van der Waals surface area contributed by atoms with Gasteiger partial charge in [-0.05, 0) is 31.9 Å². The maximum Gasteiger partial charge on any atom is 0.166 e. The highest BCUT2D eigenvalue weighted by atomic mass is 35.5. The number of hydrogen-bond acceptors (Lipinski definition) is 5. The number of aromatic nitrogens is 5. The second-order valence-corrected chi connectivity index (χ2v) is 10.3. The number of halogens is 2. The van der Waals surface area contributed by atoms with Crippen LogP contribution in [0, 0.1) is 5.41 Å². The van der Waals surface area contributed by atoms with E-state index in [1.54, 1.807) is 19.4 Å². The number of alkyl halides is 1. The Balaban J connectivity index is 1.59. The van der Waals surface area contributed by atoms with Crippen molar-refractivity contribution in [3.8, 4) is 0 Å². The van der Waals surface area contributed by atoms with Gasteiger partial charge in [0.05, 0.1) is 23.6 Å². The average molecular weight is 429 g/mol. The summed E-state index contributed by atoms with van der Waals surface area (Å²) in [4.78, 5) is 21.0. The molecule has 30 heavy (non-hydrogen) atoms. The molecule has 1 spiro atoms. The van der Waals surface area contributed by atoms with Crippen LogP contribution in [-0.2, 0) is 12.0 Å². The largest absolute Gasteiger partial charge is 0.354 e. The molecular formula is C22H26ClFN6. The van der Waals surface area contributed by atoms with Crippen LogP contribution in [0.4, 0.5) is 10.2 Å². The SMILES string of the molecule is CC(C)(C)c1nc(N2CCC3(C2)CC3(C)F)c2ncn(Cc3ncccc3Cl)c2n1. The second-order valence-electron chi connectivity index (χ2n) is 9.92. The number of imidazole rings is 1. The average Bonchev–Trinajstić information content (AvgIpc) is 3.03. The molecule has 0 amide bonds. The minimum atomic E-state index is -1.07. The van der Waals surface area contributed by atoms with Gasteiger partial charge in [-0.1, -0.05) is 32.4 Å². The van der Waals surface area contributed by atoms with Gasteiger partial charge in [-0.25, -0.2) is 19.3 Å². The fourth-order valence-electron chi connectivity index (χ4n) is 4.51. The Bertz CT molecular complexity index is 1130. The monoisotopic (exact) mass is 428 g/mol. The molecule has 2 atom stereocenters. The molecule has 4 heterocycles. The molecule has 2 aliphatic rings. The third-order valence-corrected chi connectivity index (χ3v) is 6.92. The van der Waals surface area contributed by atoms with Crippen LogP contribution >= 0.6 is 11.6 Å². The summed E-state index contributed by atoms with van der Waals surface area (Å²) in [6, 6.07) is 3.65. The quantitative estimate of drug-likeness (QED) is 0.612. The van der Waals surface area contributed by atoms with Gasteiger partial charge in [-0.2, -0.15) is 0 Å². The number of hydrogen-bond donors (Lipinski definition) is 0. The molecule has 0 N–H and O–H groups in total. The smallest absolute Gasteiger partial charge is 0.166 e. The predicted octanol–water partition coefficient (Wildman–Crippen LogP) is 4.55. The molecule has 2 fully saturated rings. The van der Waals surface area contributed by atoms with Gasteiger partial charge in [0, 0.05) is 30.1 Å². The molecule has 2 unspecified atom stereocenters. The van der Waals surface area contributed by atoms with Crippen molar-refractivity contribution < 1.29 is 4.39 Å². The zero-order chi connectivity index (χ0) is 21.3. The fraction of sp³-hybridized carbons (Fsp3) is 0.545. The van der Waals surface area contributed by atoms with Crippen molar-refractivity contribution >= 4 is 28.6 Å². The molecule has 1 saturated carbocycles. The third-order valence-electron chi connectivity index (χ3n) is 6.58. The Labute approximate surface area is 180 Å². The molecule has 1 aliphatic heterocycles.